The number of unbranched alkanes of at least 4 members (excludes halogenated alkanes) is 58. The summed E-state index contributed by atoms with van der Waals surface area (Å²) in [6.45, 7) is 4.35. The molecule has 79 heavy (non-hydrogen) atoms. The Kier molecular flexibility index (Phi) is 69.6. The number of nitrogens with one attached hydrogen (secondary N) is 1. The third kappa shape index (κ3) is 67.3. The molecule has 0 bridgehead atoms. The first kappa shape index (κ1) is 77.6. The van der Waals surface area contributed by atoms with Gasteiger partial charge in [0, 0.05) is 6.42 Å². The molecular weight excluding hydrogens is 963 g/mol. The summed E-state index contributed by atoms with van der Waals surface area (Å²) >= 11 is 0. The summed E-state index contributed by atoms with van der Waals surface area (Å²) in [5.41, 5.74) is 0. The first-order valence-electron chi connectivity index (χ1n) is 36.7. The van der Waals surface area contributed by atoms with Crippen molar-refractivity contribution in [2.24, 2.45) is 0 Å². The summed E-state index contributed by atoms with van der Waals surface area (Å²) in [6, 6.07) is -0.639. The van der Waals surface area contributed by atoms with Gasteiger partial charge in [0.05, 0.1) is 18.8 Å². The van der Waals surface area contributed by atoms with E-state index < -0.39 is 12.1 Å². The molecule has 468 valence electrons. The minimum Gasteiger partial charge on any atom is -0.394 e. The van der Waals surface area contributed by atoms with Crippen LogP contribution in [0.2, 0.25) is 0 Å². The summed E-state index contributed by atoms with van der Waals surface area (Å²) in [4.78, 5) is 12.5. The molecule has 0 aromatic carbocycles. The molecule has 0 heterocycles. The van der Waals surface area contributed by atoms with Gasteiger partial charge in [0.25, 0.3) is 0 Å². The number of hydrogen-bond donors (Lipinski definition) is 3. The van der Waals surface area contributed by atoms with Crippen LogP contribution in [-0.2, 0) is 4.79 Å². The highest BCUT2D eigenvalue weighted by molar-refractivity contribution is 5.76. The number of carbonyl (C=O) groups is 1. The number of aliphatic hydroxyl groups excluding tert-OH is 2. The van der Waals surface area contributed by atoms with Gasteiger partial charge in [-0.3, -0.25) is 4.79 Å². The van der Waals surface area contributed by atoms with Crippen molar-refractivity contribution in [1.82, 2.24) is 5.32 Å². The Bertz CT molecular complexity index is 1210. The summed E-state index contributed by atoms with van der Waals surface area (Å²) < 4.78 is 0. The van der Waals surface area contributed by atoms with E-state index in [0.717, 1.165) is 32.1 Å². The largest absolute Gasteiger partial charge is 0.394 e. The van der Waals surface area contributed by atoms with Crippen molar-refractivity contribution in [2.75, 3.05) is 6.61 Å². The van der Waals surface area contributed by atoms with Crippen molar-refractivity contribution in [1.29, 1.82) is 0 Å². The maximum Gasteiger partial charge on any atom is 0.220 e. The Morgan fingerprint density at radius 2 is 0.494 bits per heavy atom. The molecule has 0 aliphatic rings. The fourth-order valence-electron chi connectivity index (χ4n) is 11.8. The maximum absolute atomic E-state index is 12.5. The van der Waals surface area contributed by atoms with E-state index in [1.807, 2.05) is 6.08 Å². The quantitative estimate of drug-likeness (QED) is 0.0420. The first-order valence-corrected chi connectivity index (χ1v) is 36.7. The van der Waals surface area contributed by atoms with E-state index in [4.69, 9.17) is 0 Å². The molecule has 0 rings (SSSR count). The zero-order valence-corrected chi connectivity index (χ0v) is 54.2. The molecule has 0 radical (unpaired) electrons. The minimum absolute atomic E-state index is 0.0647. The van der Waals surface area contributed by atoms with Crippen LogP contribution in [0.4, 0.5) is 0 Å². The molecule has 0 spiro atoms. The fraction of sp³-hybridized carbons (Fsp3) is 0.907. The summed E-state index contributed by atoms with van der Waals surface area (Å²) in [7, 11) is 0. The zero-order chi connectivity index (χ0) is 56.9. The van der Waals surface area contributed by atoms with Crippen LogP contribution in [0.1, 0.15) is 418 Å². The summed E-state index contributed by atoms with van der Waals surface area (Å²) in [5, 5.41) is 23.3. The van der Waals surface area contributed by atoms with Crippen LogP contribution >= 0.6 is 0 Å². The standard InChI is InChI=1S/C75H145NO3/c1-3-5-7-9-11-13-15-17-19-21-23-25-27-29-31-33-35-37-38-39-41-43-45-47-49-51-53-55-57-59-61-63-65-67-69-71-75(79)76-73(72-77)74(78)70-68-66-64-62-60-58-56-54-52-50-48-46-44-42-40-36-34-32-30-28-26-24-22-20-18-16-14-12-10-8-6-4-2/h21,23,60,62,68,70,73-74,77-78H,3-20,22,24-59,61,63-67,69,71-72H2,1-2H3,(H,76,79)/b23-21-,62-60+,70-68+. The lowest BCUT2D eigenvalue weighted by atomic mass is 10.0. The van der Waals surface area contributed by atoms with Gasteiger partial charge in [-0.25, -0.2) is 0 Å². The number of hydrogen-bond acceptors (Lipinski definition) is 3. The average molecular weight is 1110 g/mol. The van der Waals surface area contributed by atoms with E-state index in [-0.39, 0.29) is 12.5 Å². The summed E-state index contributed by atoms with van der Waals surface area (Å²) in [5.74, 6) is -0.0647. The van der Waals surface area contributed by atoms with Crippen LogP contribution < -0.4 is 5.32 Å². The smallest absolute Gasteiger partial charge is 0.220 e. The normalized spacial score (nSPS) is 12.8. The molecule has 3 N–H and O–H groups in total. The van der Waals surface area contributed by atoms with Crippen LogP contribution in [0.15, 0.2) is 36.5 Å². The predicted molar refractivity (Wildman–Crippen MR) is 355 cm³/mol. The third-order valence-corrected chi connectivity index (χ3v) is 17.3. The second-order valence-corrected chi connectivity index (χ2v) is 25.4. The van der Waals surface area contributed by atoms with Gasteiger partial charge in [-0.1, -0.05) is 391 Å². The fourth-order valence-corrected chi connectivity index (χ4v) is 11.8. The van der Waals surface area contributed by atoms with Crippen molar-refractivity contribution in [3.05, 3.63) is 36.5 Å². The van der Waals surface area contributed by atoms with Gasteiger partial charge in [0.1, 0.15) is 0 Å². The molecule has 2 unspecified atom stereocenters. The molecule has 2 atom stereocenters. The van der Waals surface area contributed by atoms with Crippen molar-refractivity contribution in [2.45, 2.75) is 431 Å². The van der Waals surface area contributed by atoms with E-state index >= 15 is 0 Å². The molecule has 1 amide bonds. The van der Waals surface area contributed by atoms with Gasteiger partial charge in [-0.15, -0.1) is 0 Å². The Morgan fingerprint density at radius 1 is 0.291 bits per heavy atom. The lowest BCUT2D eigenvalue weighted by molar-refractivity contribution is -0.123. The molecule has 0 aromatic heterocycles. The van der Waals surface area contributed by atoms with Crippen LogP contribution in [-0.4, -0.2) is 34.9 Å². The van der Waals surface area contributed by atoms with Crippen molar-refractivity contribution in [3.8, 4) is 0 Å². The lowest BCUT2D eigenvalue weighted by Gasteiger charge is -2.19. The zero-order valence-electron chi connectivity index (χ0n) is 54.2. The molecule has 0 fully saturated rings. The highest BCUT2D eigenvalue weighted by Crippen LogP contribution is 2.19. The van der Waals surface area contributed by atoms with Gasteiger partial charge in [0.15, 0.2) is 0 Å². The molecule has 0 aliphatic heterocycles. The molecule has 0 saturated heterocycles. The van der Waals surface area contributed by atoms with E-state index in [2.05, 4.69) is 43.5 Å². The first-order chi connectivity index (χ1) is 39.2. The molecule has 0 saturated carbocycles. The Labute approximate surface area is 497 Å². The molecule has 4 heteroatoms. The van der Waals surface area contributed by atoms with Gasteiger partial charge < -0.3 is 15.5 Å². The van der Waals surface area contributed by atoms with E-state index in [1.165, 1.54) is 366 Å². The molecule has 4 nitrogen and oxygen atoms in total. The third-order valence-electron chi connectivity index (χ3n) is 17.3. The van der Waals surface area contributed by atoms with Crippen LogP contribution in [0, 0.1) is 0 Å². The van der Waals surface area contributed by atoms with Crippen LogP contribution in [0.25, 0.3) is 0 Å². The van der Waals surface area contributed by atoms with E-state index in [0.29, 0.717) is 6.42 Å². The van der Waals surface area contributed by atoms with E-state index in [9.17, 15) is 15.0 Å². The number of carbonyl (C=O) groups excluding carboxylic acids is 1. The predicted octanol–water partition coefficient (Wildman–Crippen LogP) is 25.1. The Hall–Kier alpha value is -1.39. The molecule has 0 aliphatic carbocycles. The topological polar surface area (TPSA) is 69.6 Å². The number of aliphatic hydroxyl groups is 2. The second kappa shape index (κ2) is 70.9. The van der Waals surface area contributed by atoms with Crippen LogP contribution in [0.5, 0.6) is 0 Å². The Morgan fingerprint density at radius 3 is 0.734 bits per heavy atom. The lowest BCUT2D eigenvalue weighted by Crippen LogP contribution is -2.45. The highest BCUT2D eigenvalue weighted by Gasteiger charge is 2.18. The monoisotopic (exact) mass is 1110 g/mol. The van der Waals surface area contributed by atoms with Gasteiger partial charge in [-0.2, -0.15) is 0 Å². The number of amides is 1. The second-order valence-electron chi connectivity index (χ2n) is 25.4. The van der Waals surface area contributed by atoms with Crippen molar-refractivity contribution >= 4 is 5.91 Å². The SMILES string of the molecule is CCCCCCCCCC/C=C\CCCCCCCCCCCCCCCCCCCCCCCCCC(=O)NC(CO)C(O)/C=C/CC/C=C/CCCCCCCCCCCCCCCCCCCCCCCCCCCC. The molecule has 0 aromatic rings. The van der Waals surface area contributed by atoms with Gasteiger partial charge in [0.2, 0.25) is 5.91 Å². The maximum atomic E-state index is 12.5. The minimum atomic E-state index is -0.863. The summed E-state index contributed by atoms with van der Waals surface area (Å²) in [6.07, 6.45) is 98.4. The van der Waals surface area contributed by atoms with Crippen LogP contribution in [0.3, 0.4) is 0 Å². The average Bonchev–Trinajstić information content (AvgIpc) is 3.45. The Balaban J connectivity index is 3.42. The molecular formula is C75H145NO3. The number of allylic oxidation sites excluding steroid dienone is 5. The van der Waals surface area contributed by atoms with Crippen molar-refractivity contribution in [3.63, 3.8) is 0 Å². The highest BCUT2D eigenvalue weighted by atomic mass is 16.3. The van der Waals surface area contributed by atoms with E-state index in [1.54, 1.807) is 6.08 Å². The number of rotatable bonds is 69. The van der Waals surface area contributed by atoms with Crippen molar-refractivity contribution < 1.29 is 15.0 Å². The van der Waals surface area contributed by atoms with Gasteiger partial charge in [-0.05, 0) is 57.8 Å². The van der Waals surface area contributed by atoms with Gasteiger partial charge >= 0.3 is 0 Å².